The van der Waals surface area contributed by atoms with Gasteiger partial charge < -0.3 is 9.80 Å². The zero-order valence-electron chi connectivity index (χ0n) is 14.1. The van der Waals surface area contributed by atoms with Gasteiger partial charge in [0.25, 0.3) is 0 Å². The van der Waals surface area contributed by atoms with Crippen molar-refractivity contribution in [3.63, 3.8) is 0 Å². The van der Waals surface area contributed by atoms with Crippen molar-refractivity contribution in [1.29, 1.82) is 0 Å². The zero-order valence-corrected chi connectivity index (χ0v) is 14.1. The van der Waals surface area contributed by atoms with Crippen LogP contribution in [-0.2, 0) is 4.79 Å². The van der Waals surface area contributed by atoms with E-state index in [0.29, 0.717) is 5.91 Å². The van der Waals surface area contributed by atoms with Crippen molar-refractivity contribution in [2.24, 2.45) is 5.92 Å². The van der Waals surface area contributed by atoms with Gasteiger partial charge in [-0.1, -0.05) is 26.7 Å². The molecule has 1 N–H and O–H groups in total. The van der Waals surface area contributed by atoms with E-state index >= 15 is 0 Å². The molecule has 0 aliphatic carbocycles. The summed E-state index contributed by atoms with van der Waals surface area (Å²) in [4.78, 5) is 17.1. The van der Waals surface area contributed by atoms with Crippen molar-refractivity contribution in [3.8, 4) is 0 Å². The maximum absolute atomic E-state index is 12.6. The highest BCUT2D eigenvalue weighted by Crippen LogP contribution is 2.23. The average molecular weight is 295 g/mol. The largest absolute Gasteiger partial charge is 0.326 e. The highest BCUT2D eigenvalue weighted by Gasteiger charge is 2.37. The van der Waals surface area contributed by atoms with Gasteiger partial charge in [0, 0.05) is 6.54 Å². The second-order valence-electron chi connectivity index (χ2n) is 6.88. The molecule has 0 saturated carbocycles. The van der Waals surface area contributed by atoms with Crippen LogP contribution in [0, 0.1) is 5.92 Å². The van der Waals surface area contributed by atoms with Crippen LogP contribution in [-0.4, -0.2) is 54.6 Å². The first-order chi connectivity index (χ1) is 10.2. The molecule has 21 heavy (non-hydrogen) atoms. The molecule has 2 fully saturated rings. The van der Waals surface area contributed by atoms with Crippen LogP contribution in [0.4, 0.5) is 0 Å². The van der Waals surface area contributed by atoms with E-state index in [4.69, 9.17) is 0 Å². The molecule has 0 spiro atoms. The van der Waals surface area contributed by atoms with Gasteiger partial charge in [0.15, 0.2) is 0 Å². The molecule has 0 aromatic rings. The third-order valence-electron chi connectivity index (χ3n) is 5.11. The Morgan fingerprint density at radius 3 is 2.38 bits per heavy atom. The number of rotatable bonds is 7. The van der Waals surface area contributed by atoms with Gasteiger partial charge in [-0.25, -0.2) is 0 Å². The second kappa shape index (κ2) is 8.14. The van der Waals surface area contributed by atoms with Crippen molar-refractivity contribution in [2.45, 2.75) is 71.0 Å². The van der Waals surface area contributed by atoms with Gasteiger partial charge in [-0.05, 0) is 58.2 Å². The number of hydrogen-bond donors (Lipinski definition) is 1. The van der Waals surface area contributed by atoms with E-state index in [1.165, 1.54) is 32.4 Å². The Labute approximate surface area is 130 Å². The highest BCUT2D eigenvalue weighted by molar-refractivity contribution is 5.84. The minimum absolute atomic E-state index is 0.0732. The van der Waals surface area contributed by atoms with Gasteiger partial charge in [-0.15, -0.1) is 0 Å². The van der Waals surface area contributed by atoms with Gasteiger partial charge in [0.1, 0.15) is 0 Å². The molecular formula is C17H33N3O. The molecule has 2 rings (SSSR count). The van der Waals surface area contributed by atoms with E-state index < -0.39 is 0 Å². The van der Waals surface area contributed by atoms with Gasteiger partial charge in [-0.2, -0.15) is 0 Å². The van der Waals surface area contributed by atoms with E-state index in [1.807, 2.05) is 0 Å². The number of likely N-dealkylation sites (tertiary alicyclic amines) is 1. The fraction of sp³-hybridized carbons (Fsp3) is 0.941. The van der Waals surface area contributed by atoms with E-state index in [0.717, 1.165) is 38.1 Å². The number of piperidine rings is 1. The van der Waals surface area contributed by atoms with Crippen LogP contribution < -0.4 is 5.32 Å². The second-order valence-corrected chi connectivity index (χ2v) is 6.88. The van der Waals surface area contributed by atoms with Crippen molar-refractivity contribution in [2.75, 3.05) is 26.7 Å². The predicted molar refractivity (Wildman–Crippen MR) is 87.1 cm³/mol. The maximum Gasteiger partial charge on any atom is 0.241 e. The topological polar surface area (TPSA) is 35.6 Å². The summed E-state index contributed by atoms with van der Waals surface area (Å²) in [5.74, 6) is 1.16. The van der Waals surface area contributed by atoms with Crippen molar-refractivity contribution < 1.29 is 4.79 Å². The number of nitrogens with zero attached hydrogens (tertiary/aromatic N) is 2. The lowest BCUT2D eigenvalue weighted by atomic mass is 9.93. The molecule has 4 nitrogen and oxygen atoms in total. The first-order valence-electron chi connectivity index (χ1n) is 8.90. The normalized spacial score (nSPS) is 28.5. The molecule has 0 aromatic heterocycles. The quantitative estimate of drug-likeness (QED) is 0.783. The Morgan fingerprint density at radius 1 is 1.10 bits per heavy atom. The first-order valence-corrected chi connectivity index (χ1v) is 8.90. The van der Waals surface area contributed by atoms with Crippen LogP contribution in [0.2, 0.25) is 0 Å². The number of carbonyl (C=O) groups is 1. The number of nitrogens with one attached hydrogen (secondary N) is 1. The third-order valence-corrected chi connectivity index (χ3v) is 5.11. The summed E-state index contributed by atoms with van der Waals surface area (Å²) < 4.78 is 0. The van der Waals surface area contributed by atoms with Crippen LogP contribution in [0.5, 0.6) is 0 Å². The smallest absolute Gasteiger partial charge is 0.241 e. The third kappa shape index (κ3) is 4.43. The number of amides is 1. The Bertz CT molecular complexity index is 326. The summed E-state index contributed by atoms with van der Waals surface area (Å²) in [5, 5.41) is 3.56. The molecule has 1 amide bonds. The van der Waals surface area contributed by atoms with Crippen molar-refractivity contribution in [1.82, 2.24) is 15.1 Å². The van der Waals surface area contributed by atoms with Crippen LogP contribution >= 0.6 is 0 Å². The molecule has 122 valence electrons. The summed E-state index contributed by atoms with van der Waals surface area (Å²) in [6.45, 7) is 7.74. The van der Waals surface area contributed by atoms with Crippen molar-refractivity contribution in [3.05, 3.63) is 0 Å². The van der Waals surface area contributed by atoms with Crippen molar-refractivity contribution >= 4 is 5.91 Å². The highest BCUT2D eigenvalue weighted by atomic mass is 16.2. The molecule has 0 bridgehead atoms. The maximum atomic E-state index is 12.6. The molecule has 2 heterocycles. The van der Waals surface area contributed by atoms with Gasteiger partial charge >= 0.3 is 0 Å². The standard InChI is InChI=1S/C17H33N3O/c1-4-6-15-17(21)20(16(18-15)7-5-2)13-10-14-8-11-19(3)12-9-14/h14-16,18H,4-13H2,1-3H3. The molecular weight excluding hydrogens is 262 g/mol. The van der Waals surface area contributed by atoms with Gasteiger partial charge in [0.05, 0.1) is 12.2 Å². The van der Waals surface area contributed by atoms with E-state index in [9.17, 15) is 4.79 Å². The fourth-order valence-electron chi connectivity index (χ4n) is 3.69. The zero-order chi connectivity index (χ0) is 15.2. The molecule has 2 aliphatic heterocycles. The Morgan fingerprint density at radius 2 is 1.76 bits per heavy atom. The molecule has 2 atom stereocenters. The monoisotopic (exact) mass is 295 g/mol. The van der Waals surface area contributed by atoms with Crippen LogP contribution in [0.3, 0.4) is 0 Å². The molecule has 0 aromatic carbocycles. The van der Waals surface area contributed by atoms with E-state index in [2.05, 4.69) is 36.0 Å². The molecule has 0 radical (unpaired) electrons. The van der Waals surface area contributed by atoms with Gasteiger partial charge in [-0.3, -0.25) is 10.1 Å². The SMILES string of the molecule is CCCC1NC(CCC)N(CCC2CCN(C)CC2)C1=O. The number of hydrogen-bond acceptors (Lipinski definition) is 3. The summed E-state index contributed by atoms with van der Waals surface area (Å²) in [6.07, 6.45) is 8.32. The molecule has 4 heteroatoms. The van der Waals surface area contributed by atoms with Crippen LogP contribution in [0.25, 0.3) is 0 Å². The summed E-state index contributed by atoms with van der Waals surface area (Å²) >= 11 is 0. The van der Waals surface area contributed by atoms with Crippen LogP contribution in [0.15, 0.2) is 0 Å². The summed E-state index contributed by atoms with van der Waals surface area (Å²) in [5.41, 5.74) is 0. The summed E-state index contributed by atoms with van der Waals surface area (Å²) in [7, 11) is 2.21. The Hall–Kier alpha value is -0.610. The lowest BCUT2D eigenvalue weighted by Gasteiger charge is -2.31. The first kappa shape index (κ1) is 16.8. The van der Waals surface area contributed by atoms with E-state index in [1.54, 1.807) is 0 Å². The average Bonchev–Trinajstić information content (AvgIpc) is 2.76. The minimum atomic E-state index is 0.0732. The number of carbonyl (C=O) groups excluding carboxylic acids is 1. The predicted octanol–water partition coefficient (Wildman–Crippen LogP) is 2.45. The minimum Gasteiger partial charge on any atom is -0.326 e. The van der Waals surface area contributed by atoms with E-state index in [-0.39, 0.29) is 12.2 Å². The lowest BCUT2D eigenvalue weighted by molar-refractivity contribution is -0.130. The summed E-state index contributed by atoms with van der Waals surface area (Å²) in [6, 6.07) is 0.0732. The Kier molecular flexibility index (Phi) is 6.49. The Balaban J connectivity index is 1.85. The molecule has 2 saturated heterocycles. The fourth-order valence-corrected chi connectivity index (χ4v) is 3.69. The molecule has 2 unspecified atom stereocenters. The molecule has 2 aliphatic rings. The lowest BCUT2D eigenvalue weighted by Crippen LogP contribution is -2.39. The van der Waals surface area contributed by atoms with Crippen LogP contribution in [0.1, 0.15) is 58.8 Å². The van der Waals surface area contributed by atoms with Gasteiger partial charge in [0.2, 0.25) is 5.91 Å².